The molecule has 0 aliphatic heterocycles. The zero-order chi connectivity index (χ0) is 27.5. The summed E-state index contributed by atoms with van der Waals surface area (Å²) in [5, 5.41) is 5.47. The summed E-state index contributed by atoms with van der Waals surface area (Å²) in [5.41, 5.74) is 1.53. The van der Waals surface area contributed by atoms with E-state index in [-0.39, 0.29) is 11.4 Å². The van der Waals surface area contributed by atoms with Crippen LogP contribution in [0.25, 0.3) is 0 Å². The number of halogens is 2. The van der Waals surface area contributed by atoms with Gasteiger partial charge in [0.25, 0.3) is 5.91 Å². The molecule has 0 spiro atoms. The minimum atomic E-state index is -0.635. The van der Waals surface area contributed by atoms with Gasteiger partial charge in [0.1, 0.15) is 24.0 Å². The molecule has 10 heteroatoms. The van der Waals surface area contributed by atoms with Gasteiger partial charge in [-0.3, -0.25) is 4.79 Å². The number of ether oxygens (including phenoxy) is 1. The second kappa shape index (κ2) is 14.3. The van der Waals surface area contributed by atoms with E-state index in [0.717, 1.165) is 23.0 Å². The normalized spacial score (nSPS) is 10.8. The maximum atomic E-state index is 14.1. The minimum Gasteiger partial charge on any atom is -0.490 e. The lowest BCUT2D eigenvalue weighted by Gasteiger charge is -2.21. The maximum absolute atomic E-state index is 14.1. The third-order valence-electron chi connectivity index (χ3n) is 5.93. The van der Waals surface area contributed by atoms with Crippen molar-refractivity contribution in [1.82, 2.24) is 10.2 Å². The number of hydrogen-bond acceptors (Lipinski definition) is 5. The van der Waals surface area contributed by atoms with Crippen LogP contribution in [-0.2, 0) is 6.42 Å². The predicted molar refractivity (Wildman–Crippen MR) is 149 cm³/mol. The van der Waals surface area contributed by atoms with Crippen molar-refractivity contribution in [3.05, 3.63) is 89.5 Å². The molecule has 202 valence electrons. The number of carbonyl (C=O) groups excluding carboxylic acids is 2. The van der Waals surface area contributed by atoms with Gasteiger partial charge in [-0.15, -0.1) is 0 Å². The van der Waals surface area contributed by atoms with Crippen LogP contribution in [0.5, 0.6) is 5.75 Å². The Hall–Kier alpha value is -3.63. The van der Waals surface area contributed by atoms with E-state index in [1.165, 1.54) is 30.3 Å². The summed E-state index contributed by atoms with van der Waals surface area (Å²) >= 11 is 4.34. The number of anilines is 2. The fraction of sp³-hybridized carbons (Fsp3) is 0.286. The number of likely N-dealkylation sites (N-methyl/N-ethyl adjacent to an activating group) is 1. The first-order valence-electron chi connectivity index (χ1n) is 12.4. The van der Waals surface area contributed by atoms with Crippen LogP contribution in [-0.4, -0.2) is 49.6 Å². The van der Waals surface area contributed by atoms with Gasteiger partial charge in [0.15, 0.2) is 0 Å². The third-order valence-corrected chi connectivity index (χ3v) is 6.34. The van der Waals surface area contributed by atoms with Crippen molar-refractivity contribution in [2.75, 3.05) is 42.4 Å². The molecule has 3 amide bonds. The van der Waals surface area contributed by atoms with E-state index in [2.05, 4.69) is 42.2 Å². The number of benzene rings is 3. The molecular formula is C28H32F2N4O3S. The Morgan fingerprint density at radius 1 is 0.974 bits per heavy atom. The summed E-state index contributed by atoms with van der Waals surface area (Å²) in [6.07, 6.45) is 0.522. The zero-order valence-corrected chi connectivity index (χ0v) is 22.3. The first-order valence-corrected chi connectivity index (χ1v) is 12.8. The molecule has 3 aromatic carbocycles. The summed E-state index contributed by atoms with van der Waals surface area (Å²) < 4.78 is 34.3. The van der Waals surface area contributed by atoms with Gasteiger partial charge in [-0.05, 0) is 61.5 Å². The molecule has 0 radical (unpaired) electrons. The van der Waals surface area contributed by atoms with Crippen LogP contribution in [0, 0.1) is 11.6 Å². The van der Waals surface area contributed by atoms with Gasteiger partial charge in [0.05, 0.1) is 16.9 Å². The van der Waals surface area contributed by atoms with Gasteiger partial charge in [-0.2, -0.15) is 0 Å². The fourth-order valence-corrected chi connectivity index (χ4v) is 3.88. The lowest BCUT2D eigenvalue weighted by molar-refractivity contribution is 0.102. The predicted octanol–water partition coefficient (Wildman–Crippen LogP) is 5.54. The minimum absolute atomic E-state index is 0.0954. The Morgan fingerprint density at radius 3 is 2.37 bits per heavy atom. The zero-order valence-electron chi connectivity index (χ0n) is 21.4. The van der Waals surface area contributed by atoms with Gasteiger partial charge in [0, 0.05) is 19.2 Å². The number of nitrogens with one attached hydrogen (secondary N) is 2. The first-order chi connectivity index (χ1) is 18.3. The molecule has 0 aliphatic rings. The van der Waals surface area contributed by atoms with Crippen LogP contribution >= 0.6 is 12.8 Å². The van der Waals surface area contributed by atoms with E-state index in [4.69, 9.17) is 4.74 Å². The molecule has 2 N–H and O–H groups in total. The maximum Gasteiger partial charge on any atom is 0.331 e. The molecule has 0 atom stereocenters. The second-order valence-corrected chi connectivity index (χ2v) is 8.81. The molecule has 38 heavy (non-hydrogen) atoms. The molecule has 7 nitrogen and oxygen atoms in total. The SMILES string of the molecule is CCN(CC)CCOc1cc(N(S)C(=O)NCCc2ccc(F)cc2)ccc1NC(=O)c1ccccc1F. The van der Waals surface area contributed by atoms with E-state index in [1.54, 1.807) is 36.4 Å². The smallest absolute Gasteiger partial charge is 0.331 e. The number of nitrogens with zero attached hydrogens (tertiary/aromatic N) is 2. The Kier molecular flexibility index (Phi) is 10.9. The Morgan fingerprint density at radius 2 is 1.68 bits per heavy atom. The quantitative estimate of drug-likeness (QED) is 0.263. The molecule has 0 saturated carbocycles. The van der Waals surface area contributed by atoms with Crippen LogP contribution in [0.15, 0.2) is 66.7 Å². The van der Waals surface area contributed by atoms with E-state index in [9.17, 15) is 18.4 Å². The fourth-order valence-electron chi connectivity index (χ4n) is 3.68. The van der Waals surface area contributed by atoms with Gasteiger partial charge in [-0.25, -0.2) is 17.9 Å². The van der Waals surface area contributed by atoms with Crippen molar-refractivity contribution in [2.45, 2.75) is 20.3 Å². The highest BCUT2D eigenvalue weighted by atomic mass is 32.1. The van der Waals surface area contributed by atoms with Crippen LogP contribution in [0.1, 0.15) is 29.8 Å². The number of amides is 3. The molecule has 0 saturated heterocycles. The van der Waals surface area contributed by atoms with Crippen molar-refractivity contribution in [3.8, 4) is 5.75 Å². The highest BCUT2D eigenvalue weighted by Crippen LogP contribution is 2.31. The van der Waals surface area contributed by atoms with Crippen LogP contribution in [0.3, 0.4) is 0 Å². The van der Waals surface area contributed by atoms with Crippen LogP contribution in [0.4, 0.5) is 25.0 Å². The first kappa shape index (κ1) is 28.9. The van der Waals surface area contributed by atoms with Crippen molar-refractivity contribution >= 4 is 36.1 Å². The number of urea groups is 1. The topological polar surface area (TPSA) is 73.9 Å². The molecule has 0 unspecified atom stereocenters. The van der Waals surface area contributed by atoms with Crippen molar-refractivity contribution in [1.29, 1.82) is 0 Å². The highest BCUT2D eigenvalue weighted by Gasteiger charge is 2.18. The third kappa shape index (κ3) is 8.19. The van der Waals surface area contributed by atoms with E-state index < -0.39 is 17.8 Å². The molecule has 0 bridgehead atoms. The van der Waals surface area contributed by atoms with Crippen LogP contribution < -0.4 is 19.7 Å². The molecule has 0 fully saturated rings. The number of carbonyl (C=O) groups is 2. The summed E-state index contributed by atoms with van der Waals surface area (Å²) in [6, 6.07) is 16.1. The molecule has 0 heterocycles. The monoisotopic (exact) mass is 542 g/mol. The number of rotatable bonds is 12. The molecule has 0 aliphatic carbocycles. The molecular weight excluding hydrogens is 510 g/mol. The van der Waals surface area contributed by atoms with E-state index in [0.29, 0.717) is 43.2 Å². The summed E-state index contributed by atoms with van der Waals surface area (Å²) in [4.78, 5) is 27.6. The van der Waals surface area contributed by atoms with Gasteiger partial charge in [0.2, 0.25) is 0 Å². The van der Waals surface area contributed by atoms with Gasteiger partial charge >= 0.3 is 6.03 Å². The summed E-state index contributed by atoms with van der Waals surface area (Å²) in [7, 11) is 0. The molecule has 3 aromatic rings. The van der Waals surface area contributed by atoms with Crippen molar-refractivity contribution in [2.24, 2.45) is 0 Å². The average molecular weight is 543 g/mol. The van der Waals surface area contributed by atoms with E-state index >= 15 is 0 Å². The lowest BCUT2D eigenvalue weighted by Crippen LogP contribution is -2.35. The van der Waals surface area contributed by atoms with E-state index in [1.807, 2.05) is 0 Å². The largest absolute Gasteiger partial charge is 0.490 e. The van der Waals surface area contributed by atoms with Crippen molar-refractivity contribution in [3.63, 3.8) is 0 Å². The Balaban J connectivity index is 1.72. The lowest BCUT2D eigenvalue weighted by atomic mass is 10.1. The van der Waals surface area contributed by atoms with Gasteiger partial charge < -0.3 is 20.3 Å². The summed E-state index contributed by atoms with van der Waals surface area (Å²) in [6.45, 7) is 7.15. The Bertz CT molecular complexity index is 1220. The van der Waals surface area contributed by atoms with Gasteiger partial charge in [-0.1, -0.05) is 50.9 Å². The molecule has 0 aromatic heterocycles. The summed E-state index contributed by atoms with van der Waals surface area (Å²) in [5.74, 6) is -1.25. The number of thiol groups is 1. The highest BCUT2D eigenvalue weighted by molar-refractivity contribution is 7.82. The number of hydrogen-bond donors (Lipinski definition) is 3. The Labute approximate surface area is 227 Å². The molecule has 3 rings (SSSR count). The van der Waals surface area contributed by atoms with Crippen LogP contribution in [0.2, 0.25) is 0 Å². The standard InChI is InChI=1S/C28H32F2N4O3S/c1-3-33(4-2)17-18-37-26-19-22(13-14-25(26)32-27(35)23-7-5-6-8-24(23)30)34(38)28(36)31-16-15-20-9-11-21(29)12-10-20/h5-14,19,38H,3-4,15-18H2,1-2H3,(H,31,36)(H,32,35). The van der Waals surface area contributed by atoms with Crippen molar-refractivity contribution < 1.29 is 23.1 Å². The second-order valence-electron chi connectivity index (χ2n) is 8.41. The average Bonchev–Trinajstić information content (AvgIpc) is 2.92.